The maximum Gasteiger partial charge on any atom is 0.0671 e. The van der Waals surface area contributed by atoms with E-state index >= 15 is 0 Å². The van der Waals surface area contributed by atoms with E-state index in [2.05, 4.69) is 32.7 Å². The van der Waals surface area contributed by atoms with E-state index in [0.29, 0.717) is 12.0 Å². The Morgan fingerprint density at radius 3 is 2.54 bits per heavy atom. The summed E-state index contributed by atoms with van der Waals surface area (Å²) in [6, 6.07) is 0. The van der Waals surface area contributed by atoms with Gasteiger partial charge in [0.25, 0.3) is 0 Å². The molecule has 0 aliphatic heterocycles. The molecule has 0 aliphatic carbocycles. The number of rotatable bonds is 8. The third-order valence-corrected chi connectivity index (χ3v) is 1.71. The van der Waals surface area contributed by atoms with E-state index in [4.69, 9.17) is 4.74 Å². The molecule has 1 N–H and O–H groups in total. The summed E-state index contributed by atoms with van der Waals surface area (Å²) < 4.78 is 5.53. The van der Waals surface area contributed by atoms with Crippen LogP contribution in [0.2, 0.25) is 0 Å². The van der Waals surface area contributed by atoms with Crippen LogP contribution >= 0.6 is 0 Å². The van der Waals surface area contributed by atoms with Crippen LogP contribution in [0.3, 0.4) is 0 Å². The van der Waals surface area contributed by atoms with Crippen LogP contribution in [0.5, 0.6) is 0 Å². The first kappa shape index (κ1) is 12.7. The average Bonchev–Trinajstić information content (AvgIpc) is 2.04. The third-order valence-electron chi connectivity index (χ3n) is 1.71. The normalized spacial score (nSPS) is 13.2. The molecule has 13 heavy (non-hydrogen) atoms. The molecule has 0 radical (unpaired) electrons. The number of hydrogen-bond acceptors (Lipinski definition) is 2. The minimum absolute atomic E-state index is 0.304. The van der Waals surface area contributed by atoms with Crippen molar-refractivity contribution in [2.24, 2.45) is 5.92 Å². The molecule has 0 bridgehead atoms. The average molecular weight is 185 g/mol. The standard InChI is InChI=1S/C11H23NO/c1-5-6-7-13-11(4)9-12-8-10(2)3/h5,10-12H,1,6-9H2,2-4H3. The lowest BCUT2D eigenvalue weighted by atomic mass is 10.2. The van der Waals surface area contributed by atoms with Crippen LogP contribution in [0.15, 0.2) is 12.7 Å². The first-order valence-corrected chi connectivity index (χ1v) is 5.10. The zero-order valence-corrected chi connectivity index (χ0v) is 9.18. The Bertz CT molecular complexity index is 123. The van der Waals surface area contributed by atoms with Gasteiger partial charge in [0.15, 0.2) is 0 Å². The summed E-state index contributed by atoms with van der Waals surface area (Å²) in [7, 11) is 0. The lowest BCUT2D eigenvalue weighted by molar-refractivity contribution is 0.0690. The van der Waals surface area contributed by atoms with Crippen LogP contribution in [0, 0.1) is 5.92 Å². The Morgan fingerprint density at radius 1 is 1.31 bits per heavy atom. The van der Waals surface area contributed by atoms with Crippen molar-refractivity contribution in [1.29, 1.82) is 0 Å². The molecule has 1 unspecified atom stereocenters. The van der Waals surface area contributed by atoms with E-state index in [1.165, 1.54) is 0 Å². The second kappa shape index (κ2) is 8.27. The first-order chi connectivity index (χ1) is 6.16. The van der Waals surface area contributed by atoms with Gasteiger partial charge in [-0.25, -0.2) is 0 Å². The maximum absolute atomic E-state index is 5.53. The zero-order valence-electron chi connectivity index (χ0n) is 9.18. The Balaban J connectivity index is 3.19. The lowest BCUT2D eigenvalue weighted by Crippen LogP contribution is -2.29. The molecule has 2 nitrogen and oxygen atoms in total. The van der Waals surface area contributed by atoms with Crippen molar-refractivity contribution in [3.63, 3.8) is 0 Å². The highest BCUT2D eigenvalue weighted by Crippen LogP contribution is 1.93. The fourth-order valence-electron chi connectivity index (χ4n) is 0.987. The lowest BCUT2D eigenvalue weighted by Gasteiger charge is -2.14. The van der Waals surface area contributed by atoms with Crippen LogP contribution in [-0.4, -0.2) is 25.8 Å². The van der Waals surface area contributed by atoms with Crippen LogP contribution < -0.4 is 5.32 Å². The van der Waals surface area contributed by atoms with E-state index in [0.717, 1.165) is 26.1 Å². The summed E-state index contributed by atoms with van der Waals surface area (Å²) in [5.74, 6) is 0.709. The molecule has 0 amide bonds. The van der Waals surface area contributed by atoms with E-state index in [1.807, 2.05) is 6.08 Å². The zero-order chi connectivity index (χ0) is 10.1. The molecule has 78 valence electrons. The van der Waals surface area contributed by atoms with Gasteiger partial charge in [-0.1, -0.05) is 19.9 Å². The number of ether oxygens (including phenoxy) is 1. The molecule has 0 aromatic heterocycles. The van der Waals surface area contributed by atoms with Crippen molar-refractivity contribution in [3.8, 4) is 0 Å². The molecule has 0 aromatic carbocycles. The highest BCUT2D eigenvalue weighted by molar-refractivity contribution is 4.65. The van der Waals surface area contributed by atoms with Crippen molar-refractivity contribution in [3.05, 3.63) is 12.7 Å². The van der Waals surface area contributed by atoms with Gasteiger partial charge >= 0.3 is 0 Å². The summed E-state index contributed by atoms with van der Waals surface area (Å²) in [4.78, 5) is 0. The molecule has 0 aromatic rings. The summed E-state index contributed by atoms with van der Waals surface area (Å²) >= 11 is 0. The Morgan fingerprint density at radius 2 is 2.00 bits per heavy atom. The Hall–Kier alpha value is -0.340. The van der Waals surface area contributed by atoms with Gasteiger partial charge in [0.2, 0.25) is 0 Å². The molecule has 0 rings (SSSR count). The smallest absolute Gasteiger partial charge is 0.0671 e. The minimum Gasteiger partial charge on any atom is -0.377 e. The SMILES string of the molecule is C=CCCOC(C)CNCC(C)C. The van der Waals surface area contributed by atoms with Crippen LogP contribution in [-0.2, 0) is 4.74 Å². The van der Waals surface area contributed by atoms with Gasteiger partial charge in [0.1, 0.15) is 0 Å². The third kappa shape index (κ3) is 9.57. The predicted octanol–water partition coefficient (Wildman–Crippen LogP) is 2.21. The highest BCUT2D eigenvalue weighted by atomic mass is 16.5. The summed E-state index contributed by atoms with van der Waals surface area (Å²) in [5, 5.41) is 3.36. The summed E-state index contributed by atoms with van der Waals surface area (Å²) in [6.45, 7) is 12.9. The van der Waals surface area contributed by atoms with Crippen LogP contribution in [0.25, 0.3) is 0 Å². The van der Waals surface area contributed by atoms with E-state index in [9.17, 15) is 0 Å². The summed E-state index contributed by atoms with van der Waals surface area (Å²) in [5.41, 5.74) is 0. The molecule has 0 aliphatic rings. The molecule has 0 spiro atoms. The maximum atomic E-state index is 5.53. The Kier molecular flexibility index (Phi) is 8.05. The number of nitrogens with one attached hydrogen (secondary N) is 1. The molecular formula is C11H23NO. The Labute approximate surface area is 82.4 Å². The van der Waals surface area contributed by atoms with Gasteiger partial charge in [0.05, 0.1) is 12.7 Å². The van der Waals surface area contributed by atoms with E-state index in [-0.39, 0.29) is 0 Å². The van der Waals surface area contributed by atoms with Gasteiger partial charge in [-0.05, 0) is 25.8 Å². The van der Waals surface area contributed by atoms with Crippen LogP contribution in [0.4, 0.5) is 0 Å². The van der Waals surface area contributed by atoms with Crippen molar-refractivity contribution in [2.45, 2.75) is 33.3 Å². The molecule has 0 fully saturated rings. The molecule has 0 saturated carbocycles. The second-order valence-corrected chi connectivity index (χ2v) is 3.81. The molecule has 2 heteroatoms. The minimum atomic E-state index is 0.304. The molecule has 1 atom stereocenters. The quantitative estimate of drug-likeness (QED) is 0.462. The summed E-state index contributed by atoms with van der Waals surface area (Å²) in [6.07, 6.45) is 3.13. The van der Waals surface area contributed by atoms with E-state index < -0.39 is 0 Å². The fraction of sp³-hybridized carbons (Fsp3) is 0.818. The number of hydrogen-bond donors (Lipinski definition) is 1. The monoisotopic (exact) mass is 185 g/mol. The predicted molar refractivity (Wildman–Crippen MR) is 57.9 cm³/mol. The van der Waals surface area contributed by atoms with Crippen LogP contribution in [0.1, 0.15) is 27.2 Å². The highest BCUT2D eigenvalue weighted by Gasteiger charge is 2.00. The van der Waals surface area contributed by atoms with Crippen molar-refractivity contribution >= 4 is 0 Å². The van der Waals surface area contributed by atoms with Gasteiger partial charge in [-0.2, -0.15) is 0 Å². The van der Waals surface area contributed by atoms with Gasteiger partial charge in [-0.15, -0.1) is 6.58 Å². The van der Waals surface area contributed by atoms with Gasteiger partial charge in [0, 0.05) is 6.54 Å². The molecule has 0 heterocycles. The van der Waals surface area contributed by atoms with Crippen molar-refractivity contribution < 1.29 is 4.74 Å². The van der Waals surface area contributed by atoms with Crippen molar-refractivity contribution in [1.82, 2.24) is 5.32 Å². The second-order valence-electron chi connectivity index (χ2n) is 3.81. The fourth-order valence-corrected chi connectivity index (χ4v) is 0.987. The first-order valence-electron chi connectivity index (χ1n) is 5.10. The van der Waals surface area contributed by atoms with Crippen molar-refractivity contribution in [2.75, 3.05) is 19.7 Å². The van der Waals surface area contributed by atoms with Gasteiger partial charge < -0.3 is 10.1 Å². The largest absolute Gasteiger partial charge is 0.377 e. The molecule has 0 saturated heterocycles. The molecular weight excluding hydrogens is 162 g/mol. The topological polar surface area (TPSA) is 21.3 Å². The van der Waals surface area contributed by atoms with E-state index in [1.54, 1.807) is 0 Å². The van der Waals surface area contributed by atoms with Gasteiger partial charge in [-0.3, -0.25) is 0 Å².